The van der Waals surface area contributed by atoms with Crippen molar-refractivity contribution in [2.75, 3.05) is 0 Å². The predicted molar refractivity (Wildman–Crippen MR) is 136 cm³/mol. The second-order valence-electron chi connectivity index (χ2n) is 14.5. The lowest BCUT2D eigenvalue weighted by Gasteiger charge is -2.62. The molecule has 0 spiro atoms. The van der Waals surface area contributed by atoms with E-state index in [4.69, 9.17) is 0 Å². The van der Waals surface area contributed by atoms with Gasteiger partial charge < -0.3 is 15.3 Å². The molecule has 3 fully saturated rings. The van der Waals surface area contributed by atoms with E-state index in [0.717, 1.165) is 32.1 Å². The molecule has 0 saturated heterocycles. The molecule has 198 valence electrons. The van der Waals surface area contributed by atoms with Crippen LogP contribution in [0.5, 0.6) is 0 Å². The Hall–Kier alpha value is -1.04. The van der Waals surface area contributed by atoms with E-state index in [9.17, 15) is 24.9 Å². The molecule has 0 amide bonds. The summed E-state index contributed by atoms with van der Waals surface area (Å²) in [6.07, 6.45) is 5.73. The predicted octanol–water partition coefficient (Wildman–Crippen LogP) is 4.86. The first-order chi connectivity index (χ1) is 15.9. The molecule has 0 aromatic heterocycles. The van der Waals surface area contributed by atoms with Gasteiger partial charge in [-0.15, -0.1) is 0 Å². The van der Waals surface area contributed by atoms with E-state index in [1.807, 2.05) is 19.9 Å². The van der Waals surface area contributed by atoms with E-state index in [1.54, 1.807) is 0 Å². The average Bonchev–Trinajstić information content (AvgIpc) is 3.01. The van der Waals surface area contributed by atoms with Crippen LogP contribution in [0.25, 0.3) is 0 Å². The van der Waals surface area contributed by atoms with Gasteiger partial charge in [0.15, 0.2) is 5.78 Å². The maximum absolute atomic E-state index is 13.7. The Bertz CT molecular complexity index is 928. The van der Waals surface area contributed by atoms with Crippen molar-refractivity contribution in [3.8, 4) is 0 Å². The summed E-state index contributed by atoms with van der Waals surface area (Å²) < 4.78 is 0. The summed E-state index contributed by atoms with van der Waals surface area (Å²) in [7, 11) is 0. The topological polar surface area (TPSA) is 94.8 Å². The Morgan fingerprint density at radius 3 is 2.26 bits per heavy atom. The Balaban J connectivity index is 1.65. The summed E-state index contributed by atoms with van der Waals surface area (Å²) in [5, 5.41) is 31.3. The van der Waals surface area contributed by atoms with Gasteiger partial charge in [0.2, 0.25) is 0 Å². The number of ketones is 2. The molecule has 4 aliphatic rings. The Morgan fingerprint density at radius 1 is 1.03 bits per heavy atom. The molecule has 5 nitrogen and oxygen atoms in total. The highest BCUT2D eigenvalue weighted by molar-refractivity contribution is 6.00. The molecule has 0 unspecified atom stereocenters. The molecule has 35 heavy (non-hydrogen) atoms. The number of rotatable bonds is 5. The first kappa shape index (κ1) is 27.0. The van der Waals surface area contributed by atoms with E-state index >= 15 is 0 Å². The van der Waals surface area contributed by atoms with Crippen LogP contribution >= 0.6 is 0 Å². The normalized spacial score (nSPS) is 43.5. The van der Waals surface area contributed by atoms with Gasteiger partial charge in [-0.2, -0.15) is 0 Å². The summed E-state index contributed by atoms with van der Waals surface area (Å²) in [4.78, 5) is 26.5. The summed E-state index contributed by atoms with van der Waals surface area (Å²) in [5.74, 6) is 0.990. The summed E-state index contributed by atoms with van der Waals surface area (Å²) >= 11 is 0. The standard InChI is InChI=1S/C30H48O5/c1-17(15-22(32)25(34)27(4,5)35)18-9-13-30(8)20-16-21(31)24-26(2,3)23(33)11-12-28(24,6)19(20)10-14-29(18,30)7/h16-19,22,24-25,32,34-35H,9-15H2,1-8H3/t17-,18-,19-,22+,24-,25-,28+,29-,30+/m0/s1. The molecule has 0 aromatic carbocycles. The number of hydrogen-bond donors (Lipinski definition) is 3. The molecule has 0 radical (unpaired) electrons. The Labute approximate surface area is 211 Å². The van der Waals surface area contributed by atoms with Gasteiger partial charge in [0.1, 0.15) is 11.9 Å². The van der Waals surface area contributed by atoms with Gasteiger partial charge >= 0.3 is 0 Å². The highest BCUT2D eigenvalue weighted by Crippen LogP contribution is 2.72. The zero-order chi connectivity index (χ0) is 26.4. The van der Waals surface area contributed by atoms with Gasteiger partial charge in [0.05, 0.1) is 11.7 Å². The van der Waals surface area contributed by atoms with E-state index in [0.29, 0.717) is 24.7 Å². The minimum absolute atomic E-state index is 0.00235. The highest BCUT2D eigenvalue weighted by Gasteiger charge is 2.67. The molecule has 5 heteroatoms. The van der Waals surface area contributed by atoms with Gasteiger partial charge in [-0.1, -0.05) is 47.1 Å². The number of aliphatic hydroxyl groups excluding tert-OH is 2. The summed E-state index contributed by atoms with van der Waals surface area (Å²) in [6.45, 7) is 16.2. The molecular weight excluding hydrogens is 440 g/mol. The average molecular weight is 489 g/mol. The molecule has 0 heterocycles. The van der Waals surface area contributed by atoms with Crippen molar-refractivity contribution in [2.45, 2.75) is 118 Å². The lowest BCUT2D eigenvalue weighted by molar-refractivity contribution is -0.155. The third kappa shape index (κ3) is 3.74. The van der Waals surface area contributed by atoms with E-state index in [-0.39, 0.29) is 39.6 Å². The van der Waals surface area contributed by atoms with Gasteiger partial charge in [-0.25, -0.2) is 0 Å². The van der Waals surface area contributed by atoms with Crippen LogP contribution in [0.15, 0.2) is 11.6 Å². The van der Waals surface area contributed by atoms with Crippen molar-refractivity contribution in [1.82, 2.24) is 0 Å². The number of fused-ring (bicyclic) bond motifs is 5. The van der Waals surface area contributed by atoms with Crippen LogP contribution in [-0.4, -0.2) is 44.7 Å². The number of Topliss-reactive ketones (excluding diaryl/α,β-unsaturated/α-hetero) is 1. The minimum Gasteiger partial charge on any atom is -0.390 e. The Morgan fingerprint density at radius 2 is 1.66 bits per heavy atom. The number of hydrogen-bond acceptors (Lipinski definition) is 5. The maximum Gasteiger partial charge on any atom is 0.160 e. The number of carbonyl (C=O) groups is 2. The molecule has 0 bridgehead atoms. The lowest BCUT2D eigenvalue weighted by Crippen LogP contribution is -2.59. The molecule has 4 rings (SSSR count). The molecule has 3 saturated carbocycles. The maximum atomic E-state index is 13.7. The number of allylic oxidation sites excluding steroid dienone is 2. The Kier molecular flexibility index (Phi) is 6.35. The molecule has 9 atom stereocenters. The van der Waals surface area contributed by atoms with Crippen molar-refractivity contribution in [2.24, 2.45) is 45.3 Å². The molecule has 0 aromatic rings. The minimum atomic E-state index is -1.35. The first-order valence-electron chi connectivity index (χ1n) is 13.8. The smallest absolute Gasteiger partial charge is 0.160 e. The van der Waals surface area contributed by atoms with E-state index < -0.39 is 23.2 Å². The van der Waals surface area contributed by atoms with Crippen molar-refractivity contribution in [3.05, 3.63) is 11.6 Å². The van der Waals surface area contributed by atoms with E-state index in [1.165, 1.54) is 19.4 Å². The van der Waals surface area contributed by atoms with Crippen LogP contribution in [0.2, 0.25) is 0 Å². The molecule has 0 aliphatic heterocycles. The fourth-order valence-corrected chi connectivity index (χ4v) is 9.51. The molecule has 3 N–H and O–H groups in total. The van der Waals surface area contributed by atoms with Crippen LogP contribution in [0, 0.1) is 45.3 Å². The largest absolute Gasteiger partial charge is 0.390 e. The second kappa shape index (κ2) is 8.23. The van der Waals surface area contributed by atoms with Crippen LogP contribution in [0.1, 0.15) is 100 Å². The monoisotopic (exact) mass is 488 g/mol. The first-order valence-corrected chi connectivity index (χ1v) is 13.8. The summed E-state index contributed by atoms with van der Waals surface area (Å²) in [6, 6.07) is 0. The van der Waals surface area contributed by atoms with Crippen molar-refractivity contribution in [3.63, 3.8) is 0 Å². The highest BCUT2D eigenvalue weighted by atomic mass is 16.4. The SMILES string of the molecule is C[C@@H](C[C@@H](O)[C@H](O)C(C)(C)O)[C@@H]1CC[C@]2(C)C3=CC(=O)[C@H]4C(C)(C)C(=O)CC[C@]4(C)[C@H]3CC[C@@]12C. The third-order valence-electron chi connectivity index (χ3n) is 11.8. The van der Waals surface area contributed by atoms with Crippen molar-refractivity contribution >= 4 is 11.6 Å². The summed E-state index contributed by atoms with van der Waals surface area (Å²) in [5.41, 5.74) is -0.925. The van der Waals surface area contributed by atoms with Crippen LogP contribution in [-0.2, 0) is 9.59 Å². The molecule has 4 aliphatic carbocycles. The zero-order valence-electron chi connectivity index (χ0n) is 23.1. The van der Waals surface area contributed by atoms with Crippen molar-refractivity contribution < 1.29 is 24.9 Å². The van der Waals surface area contributed by atoms with Crippen LogP contribution < -0.4 is 0 Å². The van der Waals surface area contributed by atoms with Crippen molar-refractivity contribution in [1.29, 1.82) is 0 Å². The van der Waals surface area contributed by atoms with Gasteiger partial charge in [0.25, 0.3) is 0 Å². The second-order valence-corrected chi connectivity index (χ2v) is 14.5. The molecular formula is C30H48O5. The number of aliphatic hydroxyl groups is 3. The van der Waals surface area contributed by atoms with Crippen LogP contribution in [0.3, 0.4) is 0 Å². The fourth-order valence-electron chi connectivity index (χ4n) is 9.51. The van der Waals surface area contributed by atoms with Gasteiger partial charge in [-0.3, -0.25) is 9.59 Å². The van der Waals surface area contributed by atoms with Crippen LogP contribution in [0.4, 0.5) is 0 Å². The van der Waals surface area contributed by atoms with Gasteiger partial charge in [0, 0.05) is 17.8 Å². The lowest BCUT2D eigenvalue weighted by atomic mass is 9.41. The van der Waals surface area contributed by atoms with E-state index in [2.05, 4.69) is 27.7 Å². The quantitative estimate of drug-likeness (QED) is 0.514. The van der Waals surface area contributed by atoms with Gasteiger partial charge in [-0.05, 0) is 92.4 Å². The fraction of sp³-hybridized carbons (Fsp3) is 0.867. The zero-order valence-corrected chi connectivity index (χ0v) is 23.1. The number of carbonyl (C=O) groups excluding carboxylic acids is 2. The third-order valence-corrected chi connectivity index (χ3v) is 11.8.